The maximum absolute atomic E-state index is 13.0. The van der Waals surface area contributed by atoms with E-state index in [-0.39, 0.29) is 24.9 Å². The van der Waals surface area contributed by atoms with Crippen LogP contribution >= 0.6 is 0 Å². The molecule has 2 atom stereocenters. The molecule has 0 bridgehead atoms. The number of amides is 1. The molecule has 4 heterocycles. The number of ether oxygens (including phenoxy) is 1. The van der Waals surface area contributed by atoms with E-state index in [4.69, 9.17) is 9.72 Å². The number of carboxylic acid groups (broad SMARTS) is 1. The average molecular weight is 604 g/mol. The zero-order chi connectivity index (χ0) is 31.4. The lowest BCUT2D eigenvalue weighted by atomic mass is 9.94. The van der Waals surface area contributed by atoms with Gasteiger partial charge in [-0.1, -0.05) is 18.2 Å². The number of hydrogen-bond acceptors (Lipinski definition) is 7. The van der Waals surface area contributed by atoms with Crippen LogP contribution in [0.2, 0.25) is 0 Å². The van der Waals surface area contributed by atoms with Gasteiger partial charge in [-0.15, -0.1) is 0 Å². The molecule has 44 heavy (non-hydrogen) atoms. The van der Waals surface area contributed by atoms with Crippen LogP contribution in [-0.4, -0.2) is 73.7 Å². The number of esters is 1. The van der Waals surface area contributed by atoms with E-state index < -0.39 is 11.7 Å². The van der Waals surface area contributed by atoms with Gasteiger partial charge >= 0.3 is 12.1 Å². The zero-order valence-corrected chi connectivity index (χ0v) is 26.3. The van der Waals surface area contributed by atoms with Gasteiger partial charge in [0.2, 0.25) is 0 Å². The molecule has 1 fully saturated rings. The first-order valence-corrected chi connectivity index (χ1v) is 15.7. The van der Waals surface area contributed by atoms with Gasteiger partial charge in [-0.25, -0.2) is 14.5 Å². The molecule has 236 valence electrons. The second-order valence-electron chi connectivity index (χ2n) is 13.2. The number of nitrogens with zero attached hydrogens (tertiary/aromatic N) is 5. The number of aliphatic hydroxyl groups is 1. The summed E-state index contributed by atoms with van der Waals surface area (Å²) in [4.78, 5) is 33.3. The number of aliphatic hydroxyl groups excluding tert-OH is 1. The Bertz CT molecular complexity index is 1480. The van der Waals surface area contributed by atoms with Gasteiger partial charge in [-0.05, 0) is 108 Å². The standard InChI is InChI=1S/C34H45N5O5/c1-23-17-29(22-40)36-39(23)30-9-5-7-26(18-30)27(19-31(41)44-34(2,3)4)21-37-16-14-24(20-37)10-12-28-13-11-25-8-6-15-38(33(42)43)32(25)35-28/h5,7,9,11,13,17-18,24,27,40H,6,8,10,12,14-16,19-22H2,1-4H3,(H,42,43)/t24-,27-/m1/s1. The van der Waals surface area contributed by atoms with Crippen LogP contribution in [0.4, 0.5) is 10.6 Å². The van der Waals surface area contributed by atoms with Crippen LogP contribution in [0.5, 0.6) is 0 Å². The summed E-state index contributed by atoms with van der Waals surface area (Å²) < 4.78 is 7.56. The molecule has 1 amide bonds. The van der Waals surface area contributed by atoms with Crippen LogP contribution in [0.25, 0.3) is 5.69 Å². The first kappa shape index (κ1) is 31.7. The number of likely N-dealkylation sites (tertiary alicyclic amines) is 1. The first-order valence-electron chi connectivity index (χ1n) is 15.7. The van der Waals surface area contributed by atoms with E-state index in [1.807, 2.05) is 62.7 Å². The van der Waals surface area contributed by atoms with Crippen molar-refractivity contribution >= 4 is 17.9 Å². The second kappa shape index (κ2) is 13.5. The molecule has 5 rings (SSSR count). The second-order valence-corrected chi connectivity index (χ2v) is 13.2. The number of anilines is 1. The molecule has 2 aliphatic rings. The van der Waals surface area contributed by atoms with Gasteiger partial charge in [0, 0.05) is 36.9 Å². The highest BCUT2D eigenvalue weighted by Crippen LogP contribution is 2.30. The normalized spacial score (nSPS) is 17.8. The number of benzene rings is 1. The van der Waals surface area contributed by atoms with Crippen molar-refractivity contribution < 1.29 is 24.5 Å². The van der Waals surface area contributed by atoms with Crippen molar-refractivity contribution in [3.05, 3.63) is 70.7 Å². The molecular weight excluding hydrogens is 558 g/mol. The fourth-order valence-corrected chi connectivity index (χ4v) is 6.44. The number of carbonyl (C=O) groups is 2. The number of pyridine rings is 1. The number of fused-ring (bicyclic) bond motifs is 1. The van der Waals surface area contributed by atoms with Gasteiger partial charge in [-0.3, -0.25) is 9.69 Å². The molecule has 0 saturated carbocycles. The summed E-state index contributed by atoms with van der Waals surface area (Å²) in [6.45, 7) is 10.6. The van der Waals surface area contributed by atoms with Crippen molar-refractivity contribution in [3.8, 4) is 5.69 Å². The van der Waals surface area contributed by atoms with Crippen molar-refractivity contribution in [1.29, 1.82) is 0 Å². The Hall–Kier alpha value is -3.76. The van der Waals surface area contributed by atoms with Crippen LogP contribution in [0.1, 0.15) is 80.6 Å². The summed E-state index contributed by atoms with van der Waals surface area (Å²) in [5, 5.41) is 23.7. The van der Waals surface area contributed by atoms with Crippen molar-refractivity contribution in [2.24, 2.45) is 5.92 Å². The van der Waals surface area contributed by atoms with Gasteiger partial charge < -0.3 is 19.8 Å². The van der Waals surface area contributed by atoms with Crippen molar-refractivity contribution in [2.45, 2.75) is 84.3 Å². The van der Waals surface area contributed by atoms with Crippen LogP contribution in [0, 0.1) is 12.8 Å². The molecule has 0 radical (unpaired) electrons. The minimum Gasteiger partial charge on any atom is -0.465 e. The molecule has 2 N–H and O–H groups in total. The molecule has 0 unspecified atom stereocenters. The number of aromatic nitrogens is 3. The van der Waals surface area contributed by atoms with E-state index in [9.17, 15) is 19.8 Å². The summed E-state index contributed by atoms with van der Waals surface area (Å²) in [5.74, 6) is 0.830. The van der Waals surface area contributed by atoms with Crippen LogP contribution < -0.4 is 4.90 Å². The minimum absolute atomic E-state index is 0.0546. The summed E-state index contributed by atoms with van der Waals surface area (Å²) in [6, 6.07) is 14.1. The summed E-state index contributed by atoms with van der Waals surface area (Å²) in [5.41, 5.74) is 4.89. The van der Waals surface area contributed by atoms with E-state index in [0.29, 0.717) is 24.0 Å². The van der Waals surface area contributed by atoms with Gasteiger partial charge in [0.15, 0.2) is 0 Å². The van der Waals surface area contributed by atoms with E-state index in [0.717, 1.165) is 79.9 Å². The number of carbonyl (C=O) groups excluding carboxylic acids is 1. The van der Waals surface area contributed by atoms with Crippen molar-refractivity contribution in [3.63, 3.8) is 0 Å². The fourth-order valence-electron chi connectivity index (χ4n) is 6.44. The van der Waals surface area contributed by atoms with Crippen LogP contribution in [0.3, 0.4) is 0 Å². The molecule has 0 spiro atoms. The Labute approximate surface area is 259 Å². The molecule has 1 saturated heterocycles. The third-order valence-corrected chi connectivity index (χ3v) is 8.50. The fraction of sp³-hybridized carbons (Fsp3) is 0.529. The zero-order valence-electron chi connectivity index (χ0n) is 26.3. The highest BCUT2D eigenvalue weighted by atomic mass is 16.6. The van der Waals surface area contributed by atoms with E-state index in [2.05, 4.69) is 22.1 Å². The highest BCUT2D eigenvalue weighted by Gasteiger charge is 2.29. The topological polar surface area (TPSA) is 121 Å². The Morgan fingerprint density at radius 1 is 1.11 bits per heavy atom. The molecule has 10 nitrogen and oxygen atoms in total. The highest BCUT2D eigenvalue weighted by molar-refractivity contribution is 5.86. The molecule has 2 aromatic heterocycles. The molecule has 2 aliphatic heterocycles. The van der Waals surface area contributed by atoms with Crippen LogP contribution in [-0.2, 0) is 29.0 Å². The Balaban J connectivity index is 1.26. The molecular formula is C34H45N5O5. The van der Waals surface area contributed by atoms with Crippen molar-refractivity contribution in [1.82, 2.24) is 19.7 Å². The van der Waals surface area contributed by atoms with Gasteiger partial charge in [-0.2, -0.15) is 5.10 Å². The summed E-state index contributed by atoms with van der Waals surface area (Å²) in [7, 11) is 0. The van der Waals surface area contributed by atoms with E-state index >= 15 is 0 Å². The van der Waals surface area contributed by atoms with E-state index in [1.54, 1.807) is 0 Å². The third kappa shape index (κ3) is 7.84. The Morgan fingerprint density at radius 3 is 2.66 bits per heavy atom. The smallest absolute Gasteiger partial charge is 0.413 e. The largest absolute Gasteiger partial charge is 0.465 e. The monoisotopic (exact) mass is 603 g/mol. The molecule has 0 aliphatic carbocycles. The minimum atomic E-state index is -0.942. The Kier molecular flexibility index (Phi) is 9.70. The average Bonchev–Trinajstić information content (AvgIpc) is 3.60. The Morgan fingerprint density at radius 2 is 1.93 bits per heavy atom. The van der Waals surface area contributed by atoms with Gasteiger partial charge in [0.25, 0.3) is 0 Å². The summed E-state index contributed by atoms with van der Waals surface area (Å²) >= 11 is 0. The third-order valence-electron chi connectivity index (χ3n) is 8.50. The lowest BCUT2D eigenvalue weighted by molar-refractivity contribution is -0.155. The predicted octanol–water partition coefficient (Wildman–Crippen LogP) is 5.27. The number of aryl methyl sites for hydroxylation is 3. The molecule has 10 heteroatoms. The number of hydrogen-bond donors (Lipinski definition) is 2. The van der Waals surface area contributed by atoms with Crippen molar-refractivity contribution in [2.75, 3.05) is 31.1 Å². The van der Waals surface area contributed by atoms with Gasteiger partial charge in [0.05, 0.1) is 24.4 Å². The quantitative estimate of drug-likeness (QED) is 0.301. The predicted molar refractivity (Wildman–Crippen MR) is 168 cm³/mol. The maximum atomic E-state index is 13.0. The van der Waals surface area contributed by atoms with E-state index in [1.165, 1.54) is 4.90 Å². The number of rotatable bonds is 10. The molecule has 1 aromatic carbocycles. The lowest BCUT2D eigenvalue weighted by Crippen LogP contribution is -2.35. The lowest BCUT2D eigenvalue weighted by Gasteiger charge is -2.26. The maximum Gasteiger partial charge on any atom is 0.413 e. The molecule has 3 aromatic rings. The first-order chi connectivity index (χ1) is 21.0. The SMILES string of the molecule is Cc1cc(CO)nn1-c1cccc([C@H](CC(=O)OC(C)(C)C)CN2CC[C@@H](CCc3ccc4c(n3)N(C(=O)O)CCC4)C2)c1. The van der Waals surface area contributed by atoms with Gasteiger partial charge in [0.1, 0.15) is 11.4 Å². The van der Waals surface area contributed by atoms with Crippen LogP contribution in [0.15, 0.2) is 42.5 Å². The summed E-state index contributed by atoms with van der Waals surface area (Å²) in [6.07, 6.45) is 3.88.